The largest absolute Gasteiger partial charge is 0.482 e. The van der Waals surface area contributed by atoms with Crippen molar-refractivity contribution in [2.45, 2.75) is 25.6 Å². The van der Waals surface area contributed by atoms with Crippen LogP contribution in [-0.2, 0) is 4.79 Å². The zero-order valence-corrected chi connectivity index (χ0v) is 11.6. The summed E-state index contributed by atoms with van der Waals surface area (Å²) in [6.45, 7) is 3.98. The first-order chi connectivity index (χ1) is 9.69. The van der Waals surface area contributed by atoms with E-state index in [9.17, 15) is 4.79 Å². The molecule has 2 heterocycles. The lowest BCUT2D eigenvalue weighted by atomic mass is 10.1. The Kier molecular flexibility index (Phi) is 3.53. The number of rotatable bonds is 2. The van der Waals surface area contributed by atoms with Crippen molar-refractivity contribution in [1.29, 1.82) is 0 Å². The molecule has 0 aliphatic carbocycles. The SMILES string of the molecule is CC1Oc2ccccc2OC1C(=O)N1CCC(CN)C1. The summed E-state index contributed by atoms with van der Waals surface area (Å²) in [5.41, 5.74) is 5.67. The average molecular weight is 276 g/mol. The van der Waals surface area contributed by atoms with Crippen LogP contribution in [0.4, 0.5) is 0 Å². The molecule has 2 N–H and O–H groups in total. The molecule has 5 heteroatoms. The molecule has 3 rings (SSSR count). The van der Waals surface area contributed by atoms with E-state index in [1.165, 1.54) is 0 Å². The number of likely N-dealkylation sites (tertiary alicyclic amines) is 1. The highest BCUT2D eigenvalue weighted by Crippen LogP contribution is 2.34. The van der Waals surface area contributed by atoms with Gasteiger partial charge in [0.2, 0.25) is 6.10 Å². The molecular formula is C15H20N2O3. The number of nitrogens with two attached hydrogens (primary N) is 1. The number of fused-ring (bicyclic) bond motifs is 1. The molecule has 3 atom stereocenters. The fourth-order valence-corrected chi connectivity index (χ4v) is 2.80. The van der Waals surface area contributed by atoms with Crippen LogP contribution in [0.15, 0.2) is 24.3 Å². The molecule has 1 aromatic carbocycles. The summed E-state index contributed by atoms with van der Waals surface area (Å²) < 4.78 is 11.6. The summed E-state index contributed by atoms with van der Waals surface area (Å²) in [6, 6.07) is 7.45. The Hall–Kier alpha value is -1.75. The zero-order chi connectivity index (χ0) is 14.1. The fraction of sp³-hybridized carbons (Fsp3) is 0.533. The van der Waals surface area contributed by atoms with Crippen LogP contribution >= 0.6 is 0 Å². The van der Waals surface area contributed by atoms with E-state index >= 15 is 0 Å². The van der Waals surface area contributed by atoms with Crippen molar-refractivity contribution in [3.63, 3.8) is 0 Å². The predicted octanol–water partition coefficient (Wildman–Crippen LogP) is 1.02. The first kappa shape index (κ1) is 13.2. The summed E-state index contributed by atoms with van der Waals surface area (Å²) in [5, 5.41) is 0. The highest BCUT2D eigenvalue weighted by Gasteiger charge is 2.38. The van der Waals surface area contributed by atoms with Crippen LogP contribution < -0.4 is 15.2 Å². The molecule has 3 unspecified atom stereocenters. The summed E-state index contributed by atoms with van der Waals surface area (Å²) in [6.07, 6.45) is 0.122. The van der Waals surface area contributed by atoms with Crippen molar-refractivity contribution >= 4 is 5.91 Å². The van der Waals surface area contributed by atoms with E-state index in [1.807, 2.05) is 36.1 Å². The highest BCUT2D eigenvalue weighted by molar-refractivity contribution is 5.82. The van der Waals surface area contributed by atoms with Gasteiger partial charge in [0.05, 0.1) is 0 Å². The molecule has 0 spiro atoms. The molecule has 1 aromatic rings. The molecule has 0 aromatic heterocycles. The van der Waals surface area contributed by atoms with Gasteiger partial charge in [-0.2, -0.15) is 0 Å². The highest BCUT2D eigenvalue weighted by atomic mass is 16.6. The van der Waals surface area contributed by atoms with E-state index in [0.717, 1.165) is 19.5 Å². The van der Waals surface area contributed by atoms with Gasteiger partial charge in [0, 0.05) is 13.1 Å². The molecule has 5 nitrogen and oxygen atoms in total. The number of nitrogens with zero attached hydrogens (tertiary/aromatic N) is 1. The van der Waals surface area contributed by atoms with E-state index in [2.05, 4.69) is 0 Å². The standard InChI is InChI=1S/C15H20N2O3/c1-10-14(15(18)17-7-6-11(8-16)9-17)20-13-5-3-2-4-12(13)19-10/h2-5,10-11,14H,6-9,16H2,1H3. The van der Waals surface area contributed by atoms with E-state index in [-0.39, 0.29) is 12.0 Å². The van der Waals surface area contributed by atoms with Crippen LogP contribution in [0, 0.1) is 5.92 Å². The third-order valence-corrected chi connectivity index (χ3v) is 4.02. The van der Waals surface area contributed by atoms with Gasteiger partial charge in [-0.25, -0.2) is 0 Å². The van der Waals surface area contributed by atoms with Gasteiger partial charge in [-0.1, -0.05) is 12.1 Å². The number of carbonyl (C=O) groups is 1. The average Bonchev–Trinajstić information content (AvgIpc) is 2.94. The predicted molar refractivity (Wildman–Crippen MR) is 74.7 cm³/mol. The number of para-hydroxylation sites is 2. The van der Waals surface area contributed by atoms with Gasteiger partial charge in [-0.05, 0) is 37.9 Å². The second kappa shape index (κ2) is 5.32. The maximum Gasteiger partial charge on any atom is 0.267 e. The maximum absolute atomic E-state index is 12.6. The summed E-state index contributed by atoms with van der Waals surface area (Å²) in [7, 11) is 0. The van der Waals surface area contributed by atoms with Crippen LogP contribution in [-0.4, -0.2) is 42.6 Å². The van der Waals surface area contributed by atoms with Gasteiger partial charge in [0.1, 0.15) is 6.10 Å². The normalized spacial score (nSPS) is 28.5. The van der Waals surface area contributed by atoms with Crippen LogP contribution in [0.25, 0.3) is 0 Å². The Balaban J connectivity index is 1.73. The van der Waals surface area contributed by atoms with Gasteiger partial charge < -0.3 is 20.1 Å². The lowest BCUT2D eigenvalue weighted by Gasteiger charge is -2.33. The number of carbonyl (C=O) groups excluding carboxylic acids is 1. The minimum absolute atomic E-state index is 0.00273. The smallest absolute Gasteiger partial charge is 0.267 e. The number of benzene rings is 1. The first-order valence-corrected chi connectivity index (χ1v) is 7.10. The van der Waals surface area contributed by atoms with Crippen LogP contribution in [0.3, 0.4) is 0 Å². The Labute approximate surface area is 118 Å². The van der Waals surface area contributed by atoms with E-state index in [4.69, 9.17) is 15.2 Å². The number of amides is 1. The van der Waals surface area contributed by atoms with Crippen LogP contribution in [0.1, 0.15) is 13.3 Å². The Morgan fingerprint density at radius 1 is 1.35 bits per heavy atom. The summed E-state index contributed by atoms with van der Waals surface area (Å²) in [4.78, 5) is 14.4. The van der Waals surface area contributed by atoms with Crippen molar-refractivity contribution < 1.29 is 14.3 Å². The maximum atomic E-state index is 12.6. The molecule has 0 radical (unpaired) electrons. The monoisotopic (exact) mass is 276 g/mol. The fourth-order valence-electron chi connectivity index (χ4n) is 2.80. The third-order valence-electron chi connectivity index (χ3n) is 4.02. The van der Waals surface area contributed by atoms with Crippen molar-refractivity contribution in [2.75, 3.05) is 19.6 Å². The summed E-state index contributed by atoms with van der Waals surface area (Å²) >= 11 is 0. The molecule has 20 heavy (non-hydrogen) atoms. The summed E-state index contributed by atoms with van der Waals surface area (Å²) in [5.74, 6) is 1.75. The minimum atomic E-state index is -0.568. The van der Waals surface area contributed by atoms with Crippen molar-refractivity contribution in [3.05, 3.63) is 24.3 Å². The molecule has 2 aliphatic heterocycles. The Morgan fingerprint density at radius 2 is 2.05 bits per heavy atom. The molecule has 1 saturated heterocycles. The van der Waals surface area contributed by atoms with Gasteiger partial charge in [0.25, 0.3) is 5.91 Å². The van der Waals surface area contributed by atoms with Gasteiger partial charge in [0.15, 0.2) is 11.5 Å². The van der Waals surface area contributed by atoms with E-state index in [0.29, 0.717) is 24.0 Å². The Bertz CT molecular complexity index is 506. The quantitative estimate of drug-likeness (QED) is 0.876. The minimum Gasteiger partial charge on any atom is -0.482 e. The number of hydrogen-bond donors (Lipinski definition) is 1. The molecular weight excluding hydrogens is 256 g/mol. The zero-order valence-electron chi connectivity index (χ0n) is 11.6. The van der Waals surface area contributed by atoms with Gasteiger partial charge >= 0.3 is 0 Å². The molecule has 1 amide bonds. The second-order valence-corrected chi connectivity index (χ2v) is 5.48. The second-order valence-electron chi connectivity index (χ2n) is 5.48. The van der Waals surface area contributed by atoms with Crippen molar-refractivity contribution in [3.8, 4) is 11.5 Å². The van der Waals surface area contributed by atoms with E-state index in [1.54, 1.807) is 0 Å². The van der Waals surface area contributed by atoms with E-state index < -0.39 is 6.10 Å². The molecule has 108 valence electrons. The first-order valence-electron chi connectivity index (χ1n) is 7.10. The molecule has 2 aliphatic rings. The molecule has 0 saturated carbocycles. The van der Waals surface area contributed by atoms with Crippen LogP contribution in [0.2, 0.25) is 0 Å². The topological polar surface area (TPSA) is 64.8 Å². The number of hydrogen-bond acceptors (Lipinski definition) is 4. The molecule has 0 bridgehead atoms. The van der Waals surface area contributed by atoms with Crippen molar-refractivity contribution in [1.82, 2.24) is 4.90 Å². The Morgan fingerprint density at radius 3 is 2.70 bits per heavy atom. The molecule has 1 fully saturated rings. The van der Waals surface area contributed by atoms with Gasteiger partial charge in [-0.3, -0.25) is 4.79 Å². The number of ether oxygens (including phenoxy) is 2. The van der Waals surface area contributed by atoms with Crippen LogP contribution in [0.5, 0.6) is 11.5 Å². The third kappa shape index (κ3) is 2.33. The van der Waals surface area contributed by atoms with Gasteiger partial charge in [-0.15, -0.1) is 0 Å². The lowest BCUT2D eigenvalue weighted by molar-refractivity contribution is -0.143. The van der Waals surface area contributed by atoms with Crippen molar-refractivity contribution in [2.24, 2.45) is 11.7 Å². The lowest BCUT2D eigenvalue weighted by Crippen LogP contribution is -2.50.